The van der Waals surface area contributed by atoms with Crippen molar-refractivity contribution in [1.29, 1.82) is 0 Å². The summed E-state index contributed by atoms with van der Waals surface area (Å²) in [6, 6.07) is 19.6. The normalized spacial score (nSPS) is 11.0. The Bertz CT molecular complexity index is 1340. The Morgan fingerprint density at radius 1 is 0.875 bits per heavy atom. The second-order valence-electron chi connectivity index (χ2n) is 6.56. The highest BCUT2D eigenvalue weighted by atomic mass is 35.5. The lowest BCUT2D eigenvalue weighted by molar-refractivity contribution is -0.385. The Kier molecular flexibility index (Phi) is 6.02. The number of nitrogens with zero attached hydrogens (tertiary/aromatic N) is 4. The summed E-state index contributed by atoms with van der Waals surface area (Å²) in [5.41, 5.74) is 2.46. The van der Waals surface area contributed by atoms with Gasteiger partial charge in [0.05, 0.1) is 26.0 Å². The van der Waals surface area contributed by atoms with Crippen LogP contribution in [0.1, 0.15) is 5.56 Å². The van der Waals surface area contributed by atoms with Gasteiger partial charge in [-0.25, -0.2) is 9.98 Å². The van der Waals surface area contributed by atoms with E-state index >= 15 is 0 Å². The van der Waals surface area contributed by atoms with Crippen molar-refractivity contribution in [2.75, 3.05) is 0 Å². The number of para-hydroxylation sites is 1. The summed E-state index contributed by atoms with van der Waals surface area (Å²) in [5, 5.41) is 23.2. The molecule has 0 aliphatic rings. The molecule has 0 aliphatic carbocycles. The van der Waals surface area contributed by atoms with Crippen molar-refractivity contribution in [3.8, 4) is 21.7 Å². The Morgan fingerprint density at radius 3 is 2.19 bits per heavy atom. The van der Waals surface area contributed by atoms with Gasteiger partial charge < -0.3 is 0 Å². The smallest absolute Gasteiger partial charge is 0.258 e. The van der Waals surface area contributed by atoms with Crippen LogP contribution in [0.2, 0.25) is 5.02 Å². The molecule has 0 N–H and O–H groups in total. The van der Waals surface area contributed by atoms with Crippen molar-refractivity contribution in [1.82, 2.24) is 4.98 Å². The van der Waals surface area contributed by atoms with E-state index in [1.165, 1.54) is 35.8 Å². The van der Waals surface area contributed by atoms with Crippen LogP contribution in [0, 0.1) is 20.2 Å². The first kappa shape index (κ1) is 21.3. The molecular formula is C22H13ClN4O4S. The Hall–Kier alpha value is -3.95. The highest BCUT2D eigenvalue weighted by Crippen LogP contribution is 2.40. The van der Waals surface area contributed by atoms with E-state index in [1.54, 1.807) is 42.5 Å². The quantitative estimate of drug-likeness (QED) is 0.179. The van der Waals surface area contributed by atoms with Crippen molar-refractivity contribution in [2.24, 2.45) is 4.99 Å². The van der Waals surface area contributed by atoms with Gasteiger partial charge in [-0.15, -0.1) is 0 Å². The van der Waals surface area contributed by atoms with E-state index in [9.17, 15) is 20.2 Å². The van der Waals surface area contributed by atoms with E-state index in [0.29, 0.717) is 21.4 Å². The zero-order chi connectivity index (χ0) is 22.7. The van der Waals surface area contributed by atoms with Crippen LogP contribution in [-0.2, 0) is 0 Å². The van der Waals surface area contributed by atoms with Crippen molar-refractivity contribution in [3.63, 3.8) is 0 Å². The highest BCUT2D eigenvalue weighted by molar-refractivity contribution is 7.19. The minimum absolute atomic E-state index is 0.0130. The Balaban J connectivity index is 1.78. The molecule has 4 aromatic rings. The zero-order valence-corrected chi connectivity index (χ0v) is 17.8. The first-order valence-electron chi connectivity index (χ1n) is 9.21. The zero-order valence-electron chi connectivity index (χ0n) is 16.2. The fourth-order valence-corrected chi connectivity index (χ4v) is 4.05. The highest BCUT2D eigenvalue weighted by Gasteiger charge is 2.17. The van der Waals surface area contributed by atoms with Gasteiger partial charge in [-0.2, -0.15) is 0 Å². The number of thiazole rings is 1. The number of nitro groups is 2. The van der Waals surface area contributed by atoms with Crippen molar-refractivity contribution in [3.05, 3.63) is 104 Å². The van der Waals surface area contributed by atoms with Crippen LogP contribution in [0.3, 0.4) is 0 Å². The number of aliphatic imine (C=N–C) groups is 1. The number of nitro benzene ring substituents is 2. The van der Waals surface area contributed by atoms with E-state index in [2.05, 4.69) is 9.98 Å². The third-order valence-electron chi connectivity index (χ3n) is 4.52. The predicted octanol–water partition coefficient (Wildman–Crippen LogP) is 6.70. The minimum atomic E-state index is -0.468. The second-order valence-corrected chi connectivity index (χ2v) is 7.97. The average molecular weight is 465 g/mol. The molecule has 0 saturated heterocycles. The largest absolute Gasteiger partial charge is 0.278 e. The molecule has 0 amide bonds. The van der Waals surface area contributed by atoms with Gasteiger partial charge in [-0.3, -0.25) is 20.2 Å². The number of hydrogen-bond acceptors (Lipinski definition) is 7. The molecule has 4 rings (SSSR count). The van der Waals surface area contributed by atoms with Crippen LogP contribution in [0.4, 0.5) is 16.5 Å². The van der Waals surface area contributed by atoms with Crippen LogP contribution < -0.4 is 0 Å². The monoisotopic (exact) mass is 464 g/mol. The molecule has 32 heavy (non-hydrogen) atoms. The topological polar surface area (TPSA) is 112 Å². The summed E-state index contributed by atoms with van der Waals surface area (Å²) >= 11 is 7.28. The van der Waals surface area contributed by atoms with E-state index in [-0.39, 0.29) is 11.4 Å². The first-order chi connectivity index (χ1) is 15.4. The van der Waals surface area contributed by atoms with E-state index in [0.717, 1.165) is 16.0 Å². The predicted molar refractivity (Wildman–Crippen MR) is 125 cm³/mol. The number of non-ortho nitro benzene ring substituents is 1. The Labute approximate surface area is 190 Å². The SMILES string of the molecule is O=[N+]([O-])c1ccc(-c2sc(N=Cc3ccccc3[N+](=O)[O-])nc2-c2ccc(Cl)cc2)cc1. The molecule has 0 radical (unpaired) electrons. The molecule has 0 unspecified atom stereocenters. The molecular weight excluding hydrogens is 452 g/mol. The standard InChI is InChI=1S/C22H13ClN4O4S/c23-17-9-5-14(6-10-17)20-21(15-7-11-18(12-8-15)26(28)29)32-22(25-20)24-13-16-3-1-2-4-19(16)27(30)31/h1-13H. The van der Waals surface area contributed by atoms with Gasteiger partial charge in [0.1, 0.15) is 0 Å². The van der Waals surface area contributed by atoms with Crippen LogP contribution >= 0.6 is 22.9 Å². The summed E-state index contributed by atoms with van der Waals surface area (Å²) in [4.78, 5) is 31.0. The summed E-state index contributed by atoms with van der Waals surface area (Å²) in [6.45, 7) is 0. The van der Waals surface area contributed by atoms with Gasteiger partial charge in [-0.05, 0) is 35.9 Å². The molecule has 3 aromatic carbocycles. The van der Waals surface area contributed by atoms with Crippen LogP contribution in [-0.4, -0.2) is 21.0 Å². The molecule has 0 saturated carbocycles. The lowest BCUT2D eigenvalue weighted by Gasteiger charge is -2.03. The molecule has 1 heterocycles. The van der Waals surface area contributed by atoms with E-state index < -0.39 is 9.85 Å². The van der Waals surface area contributed by atoms with Gasteiger partial charge in [0, 0.05) is 35.0 Å². The molecule has 0 fully saturated rings. The number of halogens is 1. The molecule has 0 atom stereocenters. The van der Waals surface area contributed by atoms with Gasteiger partial charge in [0.25, 0.3) is 11.4 Å². The number of rotatable bonds is 6. The molecule has 0 aliphatic heterocycles. The lowest BCUT2D eigenvalue weighted by atomic mass is 10.1. The summed E-state index contributed by atoms with van der Waals surface area (Å²) in [7, 11) is 0. The molecule has 8 nitrogen and oxygen atoms in total. The Morgan fingerprint density at radius 2 is 1.53 bits per heavy atom. The lowest BCUT2D eigenvalue weighted by Crippen LogP contribution is -1.93. The average Bonchev–Trinajstić information content (AvgIpc) is 3.22. The van der Waals surface area contributed by atoms with Crippen LogP contribution in [0.25, 0.3) is 21.7 Å². The number of aromatic nitrogens is 1. The van der Waals surface area contributed by atoms with Crippen molar-refractivity contribution in [2.45, 2.75) is 0 Å². The van der Waals surface area contributed by atoms with Gasteiger partial charge in [0.2, 0.25) is 5.13 Å². The third kappa shape index (κ3) is 4.53. The summed E-state index contributed by atoms with van der Waals surface area (Å²) in [5.74, 6) is 0. The van der Waals surface area contributed by atoms with E-state index in [1.807, 2.05) is 12.1 Å². The second kappa shape index (κ2) is 9.04. The fourth-order valence-electron chi connectivity index (χ4n) is 2.99. The van der Waals surface area contributed by atoms with Crippen LogP contribution in [0.15, 0.2) is 77.8 Å². The third-order valence-corrected chi connectivity index (χ3v) is 5.79. The molecule has 1 aromatic heterocycles. The molecule has 158 valence electrons. The maximum atomic E-state index is 11.2. The maximum Gasteiger partial charge on any atom is 0.278 e. The maximum absolute atomic E-state index is 11.2. The summed E-state index contributed by atoms with van der Waals surface area (Å²) < 4.78 is 0. The number of benzene rings is 3. The fraction of sp³-hybridized carbons (Fsp3) is 0. The van der Waals surface area contributed by atoms with Gasteiger partial charge in [-0.1, -0.05) is 47.2 Å². The van der Waals surface area contributed by atoms with Crippen LogP contribution in [0.5, 0.6) is 0 Å². The summed E-state index contributed by atoms with van der Waals surface area (Å²) in [6.07, 6.45) is 1.40. The number of hydrogen-bond donors (Lipinski definition) is 0. The van der Waals surface area contributed by atoms with Crippen molar-refractivity contribution < 1.29 is 9.85 Å². The molecule has 10 heteroatoms. The molecule has 0 bridgehead atoms. The first-order valence-corrected chi connectivity index (χ1v) is 10.4. The minimum Gasteiger partial charge on any atom is -0.258 e. The van der Waals surface area contributed by atoms with Crippen molar-refractivity contribution >= 4 is 45.7 Å². The van der Waals surface area contributed by atoms with E-state index in [4.69, 9.17) is 11.6 Å². The van der Waals surface area contributed by atoms with Gasteiger partial charge >= 0.3 is 0 Å². The molecule has 0 spiro atoms. The van der Waals surface area contributed by atoms with Gasteiger partial charge in [0.15, 0.2) is 0 Å².